The summed E-state index contributed by atoms with van der Waals surface area (Å²) in [6, 6.07) is 6.48. The molecule has 0 bridgehead atoms. The maximum absolute atomic E-state index is 13.7. The molecule has 1 aromatic carbocycles. The number of amides is 1. The second-order valence-electron chi connectivity index (χ2n) is 6.28. The second kappa shape index (κ2) is 7.70. The van der Waals surface area contributed by atoms with Crippen molar-refractivity contribution in [1.29, 1.82) is 0 Å². The Balaban J connectivity index is 1.82. The number of hydrogen-bond donors (Lipinski definition) is 2. The first-order chi connectivity index (χ1) is 10.5. The zero-order valence-electron chi connectivity index (χ0n) is 13.3. The lowest BCUT2D eigenvalue weighted by atomic mass is 9.95. The smallest absolute Gasteiger partial charge is 0.223 e. The Hall–Kier alpha value is -1.46. The molecule has 4 nitrogen and oxygen atoms in total. The van der Waals surface area contributed by atoms with Gasteiger partial charge in [0, 0.05) is 24.1 Å². The van der Waals surface area contributed by atoms with E-state index in [2.05, 4.69) is 10.2 Å². The zero-order chi connectivity index (χ0) is 16.1. The molecule has 1 unspecified atom stereocenters. The predicted molar refractivity (Wildman–Crippen MR) is 83.8 cm³/mol. The maximum atomic E-state index is 13.7. The lowest BCUT2D eigenvalue weighted by Gasteiger charge is -2.33. The van der Waals surface area contributed by atoms with Crippen LogP contribution in [0.5, 0.6) is 0 Å². The number of nitrogens with one attached hydrogen (secondary N) is 1. The molecular weight excluding hydrogens is 283 g/mol. The third kappa shape index (κ3) is 4.52. The van der Waals surface area contributed by atoms with Crippen molar-refractivity contribution in [3.05, 3.63) is 35.6 Å². The molecule has 0 aromatic heterocycles. The van der Waals surface area contributed by atoms with Gasteiger partial charge in [0.05, 0.1) is 6.10 Å². The van der Waals surface area contributed by atoms with Gasteiger partial charge in [0.15, 0.2) is 0 Å². The van der Waals surface area contributed by atoms with Gasteiger partial charge in [0.25, 0.3) is 0 Å². The minimum atomic E-state index is -0.831. The van der Waals surface area contributed by atoms with E-state index in [1.165, 1.54) is 6.07 Å². The summed E-state index contributed by atoms with van der Waals surface area (Å²) < 4.78 is 13.7. The van der Waals surface area contributed by atoms with Gasteiger partial charge in [0.2, 0.25) is 5.91 Å². The van der Waals surface area contributed by atoms with Crippen molar-refractivity contribution in [3.8, 4) is 0 Å². The van der Waals surface area contributed by atoms with Crippen molar-refractivity contribution >= 4 is 5.91 Å². The number of aliphatic hydroxyl groups excluding tert-OH is 1. The third-order valence-electron chi connectivity index (χ3n) is 4.08. The van der Waals surface area contributed by atoms with Crippen LogP contribution >= 0.6 is 0 Å². The summed E-state index contributed by atoms with van der Waals surface area (Å²) in [5.41, 5.74) is 0.335. The van der Waals surface area contributed by atoms with Crippen molar-refractivity contribution in [2.45, 2.75) is 38.8 Å². The molecule has 0 spiro atoms. The maximum Gasteiger partial charge on any atom is 0.223 e. The van der Waals surface area contributed by atoms with Gasteiger partial charge in [-0.1, -0.05) is 18.2 Å². The molecule has 1 amide bonds. The topological polar surface area (TPSA) is 52.6 Å². The SMILES string of the molecule is CC(C)NC(=O)C1CCN(CC(O)c2ccccc2F)CC1. The fraction of sp³-hybridized carbons (Fsp3) is 0.588. The monoisotopic (exact) mass is 308 g/mol. The molecule has 1 aliphatic rings. The Morgan fingerprint density at radius 1 is 1.36 bits per heavy atom. The van der Waals surface area contributed by atoms with Crippen LogP contribution in [0.2, 0.25) is 0 Å². The average Bonchev–Trinajstić information content (AvgIpc) is 2.47. The van der Waals surface area contributed by atoms with Gasteiger partial charge in [-0.3, -0.25) is 4.79 Å². The predicted octanol–water partition coefficient (Wildman–Crippen LogP) is 2.10. The van der Waals surface area contributed by atoms with Gasteiger partial charge in [-0.2, -0.15) is 0 Å². The molecule has 1 aromatic rings. The molecule has 1 saturated heterocycles. The first-order valence-corrected chi connectivity index (χ1v) is 7.92. The highest BCUT2D eigenvalue weighted by atomic mass is 19.1. The molecule has 22 heavy (non-hydrogen) atoms. The van der Waals surface area contributed by atoms with Gasteiger partial charge >= 0.3 is 0 Å². The van der Waals surface area contributed by atoms with Crippen molar-refractivity contribution in [3.63, 3.8) is 0 Å². The number of rotatable bonds is 5. The molecule has 5 heteroatoms. The van der Waals surface area contributed by atoms with Crippen LogP contribution in [-0.4, -0.2) is 41.6 Å². The van der Waals surface area contributed by atoms with Crippen LogP contribution in [0, 0.1) is 11.7 Å². The van der Waals surface area contributed by atoms with Gasteiger partial charge in [0.1, 0.15) is 5.82 Å². The number of carbonyl (C=O) groups excluding carboxylic acids is 1. The van der Waals surface area contributed by atoms with Crippen LogP contribution in [0.3, 0.4) is 0 Å². The molecule has 0 aliphatic carbocycles. The van der Waals surface area contributed by atoms with E-state index < -0.39 is 6.10 Å². The van der Waals surface area contributed by atoms with Crippen molar-refractivity contribution in [2.75, 3.05) is 19.6 Å². The normalized spacial score (nSPS) is 18.4. The molecule has 1 heterocycles. The molecular formula is C17H25FN2O2. The van der Waals surface area contributed by atoms with E-state index in [9.17, 15) is 14.3 Å². The Labute approximate surface area is 131 Å². The molecule has 2 N–H and O–H groups in total. The minimum absolute atomic E-state index is 0.0456. The summed E-state index contributed by atoms with van der Waals surface area (Å²) in [6.07, 6.45) is 0.729. The minimum Gasteiger partial charge on any atom is -0.387 e. The summed E-state index contributed by atoms with van der Waals surface area (Å²) in [5.74, 6) is -0.213. The van der Waals surface area contributed by atoms with Crippen LogP contribution < -0.4 is 5.32 Å². The average molecular weight is 308 g/mol. The highest BCUT2D eigenvalue weighted by Crippen LogP contribution is 2.22. The number of carbonyl (C=O) groups is 1. The number of piperidine rings is 1. The summed E-state index contributed by atoms with van der Waals surface area (Å²) in [7, 11) is 0. The number of β-amino-alcohol motifs (C(OH)–C–C–N with tert-alkyl or cyclic N) is 1. The van der Waals surface area contributed by atoms with E-state index in [1.807, 2.05) is 13.8 Å². The van der Waals surface area contributed by atoms with Crippen molar-refractivity contribution in [2.24, 2.45) is 5.92 Å². The molecule has 2 rings (SSSR count). The number of aliphatic hydroxyl groups is 1. The number of hydrogen-bond acceptors (Lipinski definition) is 3. The lowest BCUT2D eigenvalue weighted by Crippen LogP contribution is -2.43. The molecule has 1 fully saturated rings. The molecule has 1 aliphatic heterocycles. The van der Waals surface area contributed by atoms with Crippen LogP contribution in [0.25, 0.3) is 0 Å². The van der Waals surface area contributed by atoms with Crippen LogP contribution in [-0.2, 0) is 4.79 Å². The Kier molecular flexibility index (Phi) is 5.91. The van der Waals surface area contributed by atoms with E-state index in [0.717, 1.165) is 25.9 Å². The summed E-state index contributed by atoms with van der Waals surface area (Å²) >= 11 is 0. The first kappa shape index (κ1) is 16.9. The van der Waals surface area contributed by atoms with E-state index >= 15 is 0 Å². The fourth-order valence-corrected chi connectivity index (χ4v) is 2.87. The van der Waals surface area contributed by atoms with E-state index in [4.69, 9.17) is 0 Å². The Bertz CT molecular complexity index is 499. The summed E-state index contributed by atoms with van der Waals surface area (Å²) in [6.45, 7) is 5.82. The molecule has 0 radical (unpaired) electrons. The van der Waals surface area contributed by atoms with E-state index in [1.54, 1.807) is 18.2 Å². The third-order valence-corrected chi connectivity index (χ3v) is 4.08. The zero-order valence-corrected chi connectivity index (χ0v) is 13.3. The number of likely N-dealkylation sites (tertiary alicyclic amines) is 1. The highest BCUT2D eigenvalue weighted by molar-refractivity contribution is 5.78. The first-order valence-electron chi connectivity index (χ1n) is 7.92. The van der Waals surface area contributed by atoms with Crippen LogP contribution in [0.1, 0.15) is 38.4 Å². The quantitative estimate of drug-likeness (QED) is 0.876. The fourth-order valence-electron chi connectivity index (χ4n) is 2.87. The Morgan fingerprint density at radius 2 is 2.00 bits per heavy atom. The largest absolute Gasteiger partial charge is 0.387 e. The summed E-state index contributed by atoms with van der Waals surface area (Å²) in [5, 5.41) is 13.1. The standard InChI is InChI=1S/C17H25FN2O2/c1-12(2)19-17(22)13-7-9-20(10-8-13)11-16(21)14-5-3-4-6-15(14)18/h3-6,12-13,16,21H,7-11H2,1-2H3,(H,19,22). The number of benzene rings is 1. The van der Waals surface area contributed by atoms with Crippen LogP contribution in [0.4, 0.5) is 4.39 Å². The van der Waals surface area contributed by atoms with Gasteiger partial charge in [-0.05, 0) is 45.8 Å². The molecule has 1 atom stereocenters. The van der Waals surface area contributed by atoms with Gasteiger partial charge in [-0.25, -0.2) is 4.39 Å². The van der Waals surface area contributed by atoms with E-state index in [0.29, 0.717) is 12.1 Å². The summed E-state index contributed by atoms with van der Waals surface area (Å²) in [4.78, 5) is 14.1. The van der Waals surface area contributed by atoms with Crippen molar-refractivity contribution in [1.82, 2.24) is 10.2 Å². The van der Waals surface area contributed by atoms with Crippen molar-refractivity contribution < 1.29 is 14.3 Å². The van der Waals surface area contributed by atoms with Crippen LogP contribution in [0.15, 0.2) is 24.3 Å². The van der Waals surface area contributed by atoms with E-state index in [-0.39, 0.29) is 23.7 Å². The van der Waals surface area contributed by atoms with Gasteiger partial charge < -0.3 is 15.3 Å². The number of nitrogens with zero attached hydrogens (tertiary/aromatic N) is 1. The number of halogens is 1. The highest BCUT2D eigenvalue weighted by Gasteiger charge is 2.26. The lowest BCUT2D eigenvalue weighted by molar-refractivity contribution is -0.127. The Morgan fingerprint density at radius 3 is 2.59 bits per heavy atom. The van der Waals surface area contributed by atoms with Gasteiger partial charge in [-0.15, -0.1) is 0 Å². The second-order valence-corrected chi connectivity index (χ2v) is 6.28. The molecule has 0 saturated carbocycles. The molecule has 122 valence electrons.